The number of aromatic amines is 2. The molecule has 6 nitrogen and oxygen atoms in total. The number of hydrogen-bond acceptors (Lipinski definition) is 4. The van der Waals surface area contributed by atoms with Crippen LogP contribution in [0, 0.1) is 0 Å². The number of imidazole rings is 1. The second-order valence-corrected chi connectivity index (χ2v) is 3.80. The van der Waals surface area contributed by atoms with E-state index in [0.29, 0.717) is 6.54 Å². The molecule has 17 heavy (non-hydrogen) atoms. The van der Waals surface area contributed by atoms with Gasteiger partial charge in [-0.2, -0.15) is 5.10 Å². The van der Waals surface area contributed by atoms with Gasteiger partial charge in [0.05, 0.1) is 23.3 Å². The minimum Gasteiger partial charge on any atom is -0.399 e. The second-order valence-electron chi connectivity index (χ2n) is 3.80. The monoisotopic (exact) mass is 228 g/mol. The number of fused-ring (bicyclic) bond motifs is 1. The Morgan fingerprint density at radius 1 is 1.29 bits per heavy atom. The molecule has 86 valence electrons. The largest absolute Gasteiger partial charge is 0.399 e. The molecular formula is C11H12N6. The molecule has 0 unspecified atom stereocenters. The van der Waals surface area contributed by atoms with Gasteiger partial charge in [-0.25, -0.2) is 4.98 Å². The Hall–Kier alpha value is -2.50. The van der Waals surface area contributed by atoms with Crippen LogP contribution in [0.25, 0.3) is 11.0 Å². The Kier molecular flexibility index (Phi) is 2.18. The van der Waals surface area contributed by atoms with Crippen LogP contribution >= 0.6 is 0 Å². The number of hydrogen-bond donors (Lipinski definition) is 4. The van der Waals surface area contributed by atoms with Crippen molar-refractivity contribution in [2.75, 3.05) is 11.1 Å². The maximum absolute atomic E-state index is 5.70. The molecule has 0 aliphatic heterocycles. The Morgan fingerprint density at radius 2 is 2.24 bits per heavy atom. The zero-order valence-electron chi connectivity index (χ0n) is 9.07. The first-order valence-corrected chi connectivity index (χ1v) is 5.28. The molecule has 3 aromatic rings. The number of nitrogens with one attached hydrogen (secondary N) is 3. The average Bonchev–Trinajstić information content (AvgIpc) is 2.94. The van der Waals surface area contributed by atoms with E-state index < -0.39 is 0 Å². The van der Waals surface area contributed by atoms with E-state index >= 15 is 0 Å². The van der Waals surface area contributed by atoms with Gasteiger partial charge in [-0.1, -0.05) is 0 Å². The Morgan fingerprint density at radius 3 is 3.06 bits per heavy atom. The van der Waals surface area contributed by atoms with Crippen LogP contribution in [0.3, 0.4) is 0 Å². The van der Waals surface area contributed by atoms with Crippen molar-refractivity contribution in [1.82, 2.24) is 20.2 Å². The predicted molar refractivity (Wildman–Crippen MR) is 66.4 cm³/mol. The Bertz CT molecular complexity index is 625. The molecule has 1 aromatic carbocycles. The first kappa shape index (κ1) is 9.71. The van der Waals surface area contributed by atoms with E-state index in [1.54, 1.807) is 6.20 Å². The molecule has 0 aliphatic rings. The van der Waals surface area contributed by atoms with Gasteiger partial charge in [-0.05, 0) is 24.3 Å². The molecule has 3 rings (SSSR count). The lowest BCUT2D eigenvalue weighted by molar-refractivity contribution is 0.970. The molecule has 0 saturated carbocycles. The summed E-state index contributed by atoms with van der Waals surface area (Å²) in [5.41, 5.74) is 9.25. The number of nitrogens with two attached hydrogens (primary N) is 1. The van der Waals surface area contributed by atoms with Crippen LogP contribution in [0.5, 0.6) is 0 Å². The summed E-state index contributed by atoms with van der Waals surface area (Å²) >= 11 is 0. The quantitative estimate of drug-likeness (QED) is 0.510. The smallest absolute Gasteiger partial charge is 0.201 e. The van der Waals surface area contributed by atoms with Crippen LogP contribution in [0.2, 0.25) is 0 Å². The van der Waals surface area contributed by atoms with E-state index in [0.717, 1.165) is 28.4 Å². The van der Waals surface area contributed by atoms with Crippen molar-refractivity contribution in [2.24, 2.45) is 0 Å². The van der Waals surface area contributed by atoms with Crippen molar-refractivity contribution in [3.63, 3.8) is 0 Å². The third-order valence-electron chi connectivity index (χ3n) is 2.51. The zero-order valence-corrected chi connectivity index (χ0v) is 9.07. The molecule has 2 aromatic heterocycles. The standard InChI is InChI=1S/C11H12N6/c12-7-1-2-9-10(5-7)16-11(15-9)13-6-8-3-4-14-17-8/h1-5H,6,12H2,(H,14,17)(H2,13,15,16). The molecule has 5 N–H and O–H groups in total. The number of H-pyrrole nitrogens is 2. The summed E-state index contributed by atoms with van der Waals surface area (Å²) in [4.78, 5) is 7.56. The highest BCUT2D eigenvalue weighted by Gasteiger charge is 2.02. The van der Waals surface area contributed by atoms with Gasteiger partial charge in [0.1, 0.15) is 0 Å². The van der Waals surface area contributed by atoms with E-state index in [2.05, 4.69) is 25.5 Å². The summed E-state index contributed by atoms with van der Waals surface area (Å²) in [6.07, 6.45) is 1.72. The molecular weight excluding hydrogens is 216 g/mol. The first-order chi connectivity index (χ1) is 8.31. The minimum atomic E-state index is 0.648. The van der Waals surface area contributed by atoms with E-state index in [4.69, 9.17) is 5.73 Å². The van der Waals surface area contributed by atoms with Crippen molar-refractivity contribution < 1.29 is 0 Å². The second kappa shape index (κ2) is 3.82. The number of nitrogen functional groups attached to an aromatic ring is 1. The van der Waals surface area contributed by atoms with Crippen LogP contribution in [0.1, 0.15) is 5.69 Å². The van der Waals surface area contributed by atoms with Gasteiger partial charge >= 0.3 is 0 Å². The highest BCUT2D eigenvalue weighted by Crippen LogP contribution is 2.17. The third kappa shape index (κ3) is 1.92. The average molecular weight is 228 g/mol. The van der Waals surface area contributed by atoms with Gasteiger partial charge in [0, 0.05) is 11.9 Å². The number of nitrogens with zero attached hydrogens (tertiary/aromatic N) is 2. The summed E-state index contributed by atoms with van der Waals surface area (Å²) in [6, 6.07) is 7.50. The van der Waals surface area contributed by atoms with Gasteiger partial charge in [-0.3, -0.25) is 5.10 Å². The van der Waals surface area contributed by atoms with Gasteiger partial charge in [-0.15, -0.1) is 0 Å². The van der Waals surface area contributed by atoms with Crippen LogP contribution in [0.4, 0.5) is 11.6 Å². The van der Waals surface area contributed by atoms with Crippen molar-refractivity contribution in [2.45, 2.75) is 6.54 Å². The van der Waals surface area contributed by atoms with Crippen molar-refractivity contribution in [3.8, 4) is 0 Å². The summed E-state index contributed by atoms with van der Waals surface area (Å²) in [5.74, 6) is 0.722. The lowest BCUT2D eigenvalue weighted by Gasteiger charge is -1.98. The molecule has 0 amide bonds. The van der Waals surface area contributed by atoms with Gasteiger partial charge in [0.15, 0.2) is 0 Å². The van der Waals surface area contributed by atoms with E-state index in [9.17, 15) is 0 Å². The summed E-state index contributed by atoms with van der Waals surface area (Å²) in [6.45, 7) is 0.648. The number of aromatic nitrogens is 4. The molecule has 6 heteroatoms. The van der Waals surface area contributed by atoms with E-state index in [1.807, 2.05) is 24.3 Å². The maximum atomic E-state index is 5.70. The normalized spacial score (nSPS) is 10.8. The molecule has 0 aliphatic carbocycles. The molecule has 0 atom stereocenters. The topological polar surface area (TPSA) is 95.4 Å². The van der Waals surface area contributed by atoms with Crippen LogP contribution in [-0.2, 0) is 6.54 Å². The molecule has 2 heterocycles. The molecule has 0 bridgehead atoms. The van der Waals surface area contributed by atoms with Crippen molar-refractivity contribution >= 4 is 22.7 Å². The fourth-order valence-corrected chi connectivity index (χ4v) is 1.67. The zero-order chi connectivity index (χ0) is 11.7. The highest BCUT2D eigenvalue weighted by atomic mass is 15.2. The fourth-order valence-electron chi connectivity index (χ4n) is 1.67. The third-order valence-corrected chi connectivity index (χ3v) is 2.51. The maximum Gasteiger partial charge on any atom is 0.201 e. The van der Waals surface area contributed by atoms with Crippen molar-refractivity contribution in [1.29, 1.82) is 0 Å². The van der Waals surface area contributed by atoms with Gasteiger partial charge in [0.25, 0.3) is 0 Å². The molecule has 0 radical (unpaired) electrons. The Balaban J connectivity index is 1.81. The number of anilines is 2. The molecule has 0 fully saturated rings. The SMILES string of the molecule is Nc1ccc2nc(NCc3ccn[nH]3)[nH]c2c1. The molecule has 0 spiro atoms. The van der Waals surface area contributed by atoms with Crippen LogP contribution in [0.15, 0.2) is 30.5 Å². The lowest BCUT2D eigenvalue weighted by Crippen LogP contribution is -2.00. The van der Waals surface area contributed by atoms with Gasteiger partial charge in [0.2, 0.25) is 5.95 Å². The highest BCUT2D eigenvalue weighted by molar-refractivity contribution is 5.80. The van der Waals surface area contributed by atoms with Gasteiger partial charge < -0.3 is 16.0 Å². The number of benzene rings is 1. The van der Waals surface area contributed by atoms with Crippen LogP contribution < -0.4 is 11.1 Å². The summed E-state index contributed by atoms with van der Waals surface area (Å²) < 4.78 is 0. The predicted octanol–water partition coefficient (Wildman–Crippen LogP) is 1.48. The lowest BCUT2D eigenvalue weighted by atomic mass is 10.3. The fraction of sp³-hybridized carbons (Fsp3) is 0.0909. The minimum absolute atomic E-state index is 0.648. The number of rotatable bonds is 3. The van der Waals surface area contributed by atoms with E-state index in [1.165, 1.54) is 0 Å². The van der Waals surface area contributed by atoms with E-state index in [-0.39, 0.29) is 0 Å². The summed E-state index contributed by atoms with van der Waals surface area (Å²) in [5, 5.41) is 9.93. The summed E-state index contributed by atoms with van der Waals surface area (Å²) in [7, 11) is 0. The molecule has 0 saturated heterocycles. The van der Waals surface area contributed by atoms with Crippen LogP contribution in [-0.4, -0.2) is 20.2 Å². The van der Waals surface area contributed by atoms with Crippen molar-refractivity contribution in [3.05, 3.63) is 36.2 Å². The first-order valence-electron chi connectivity index (χ1n) is 5.28. The Labute approximate surface area is 97.3 Å².